The molecular weight excluding hydrogens is 460 g/mol. The zero-order valence-electron chi connectivity index (χ0n) is 20.3. The zero-order chi connectivity index (χ0) is 24.5. The van der Waals surface area contributed by atoms with Crippen LogP contribution in [-0.4, -0.2) is 40.2 Å². The number of thioether (sulfide) groups is 1. The van der Waals surface area contributed by atoms with Crippen LogP contribution in [-0.2, 0) is 6.54 Å². The highest BCUT2D eigenvalue weighted by atomic mass is 32.2. The summed E-state index contributed by atoms with van der Waals surface area (Å²) in [4.78, 5) is 41.9. The maximum absolute atomic E-state index is 13.4. The SMILES string of the molecule is CCSc1ccc(CNc2nc3cnc(-c4c(C)ncnc4C4CC4)nc3n(C(C)C)c2=O)nc1. The van der Waals surface area contributed by atoms with Crippen molar-refractivity contribution in [3.05, 3.63) is 58.3 Å². The van der Waals surface area contributed by atoms with Gasteiger partial charge in [-0.2, -0.15) is 0 Å². The van der Waals surface area contributed by atoms with Crippen molar-refractivity contribution in [3.8, 4) is 11.4 Å². The third-order valence-corrected chi connectivity index (χ3v) is 6.81. The molecule has 9 nitrogen and oxygen atoms in total. The van der Waals surface area contributed by atoms with Gasteiger partial charge in [-0.15, -0.1) is 11.8 Å². The Balaban J connectivity index is 1.52. The molecule has 0 aromatic carbocycles. The largest absolute Gasteiger partial charge is 0.360 e. The van der Waals surface area contributed by atoms with Gasteiger partial charge >= 0.3 is 0 Å². The molecular formula is C25H28N8OS. The number of nitrogens with zero attached hydrogens (tertiary/aromatic N) is 7. The van der Waals surface area contributed by atoms with Gasteiger partial charge in [0, 0.05) is 23.1 Å². The average Bonchev–Trinajstić information content (AvgIpc) is 3.69. The van der Waals surface area contributed by atoms with Crippen LogP contribution in [0.1, 0.15) is 62.7 Å². The fourth-order valence-corrected chi connectivity index (χ4v) is 4.72. The maximum Gasteiger partial charge on any atom is 0.295 e. The van der Waals surface area contributed by atoms with Crippen LogP contribution in [0.25, 0.3) is 22.6 Å². The number of hydrogen-bond donors (Lipinski definition) is 1. The number of pyridine rings is 1. The van der Waals surface area contributed by atoms with Gasteiger partial charge in [-0.05, 0) is 51.5 Å². The first kappa shape index (κ1) is 23.3. The van der Waals surface area contributed by atoms with E-state index in [4.69, 9.17) is 4.98 Å². The summed E-state index contributed by atoms with van der Waals surface area (Å²) in [5, 5.41) is 3.17. The minimum Gasteiger partial charge on any atom is -0.360 e. The van der Waals surface area contributed by atoms with Gasteiger partial charge in [0.25, 0.3) is 5.56 Å². The molecule has 1 aliphatic rings. The van der Waals surface area contributed by atoms with Crippen LogP contribution in [0.2, 0.25) is 0 Å². The quantitative estimate of drug-likeness (QED) is 0.358. The first-order valence-electron chi connectivity index (χ1n) is 11.9. The third-order valence-electron chi connectivity index (χ3n) is 5.95. The molecule has 4 heterocycles. The predicted octanol–water partition coefficient (Wildman–Crippen LogP) is 4.53. The number of anilines is 1. The van der Waals surface area contributed by atoms with Crippen molar-refractivity contribution < 1.29 is 0 Å². The Morgan fingerprint density at radius 3 is 2.63 bits per heavy atom. The first-order chi connectivity index (χ1) is 17.0. The van der Waals surface area contributed by atoms with Gasteiger partial charge in [0.05, 0.1) is 35.4 Å². The summed E-state index contributed by atoms with van der Waals surface area (Å²) in [5.74, 6) is 2.21. The van der Waals surface area contributed by atoms with Crippen molar-refractivity contribution in [1.82, 2.24) is 34.5 Å². The summed E-state index contributed by atoms with van der Waals surface area (Å²) in [6.07, 6.45) is 7.35. The minimum absolute atomic E-state index is 0.115. The van der Waals surface area contributed by atoms with E-state index in [2.05, 4.69) is 37.2 Å². The third kappa shape index (κ3) is 4.75. The van der Waals surface area contributed by atoms with Crippen LogP contribution >= 0.6 is 11.8 Å². The normalized spacial score (nSPS) is 13.5. The second-order valence-corrected chi connectivity index (χ2v) is 10.2. The molecule has 35 heavy (non-hydrogen) atoms. The molecule has 1 saturated carbocycles. The van der Waals surface area contributed by atoms with Gasteiger partial charge in [0.2, 0.25) is 0 Å². The minimum atomic E-state index is -0.223. The van der Waals surface area contributed by atoms with E-state index >= 15 is 0 Å². The lowest BCUT2D eigenvalue weighted by Crippen LogP contribution is -2.27. The van der Waals surface area contributed by atoms with E-state index in [0.29, 0.717) is 29.5 Å². The van der Waals surface area contributed by atoms with Crippen molar-refractivity contribution >= 4 is 28.7 Å². The van der Waals surface area contributed by atoms with Crippen molar-refractivity contribution in [1.29, 1.82) is 0 Å². The molecule has 0 unspecified atom stereocenters. The smallest absolute Gasteiger partial charge is 0.295 e. The molecule has 0 radical (unpaired) electrons. The second kappa shape index (κ2) is 9.69. The lowest BCUT2D eigenvalue weighted by atomic mass is 10.1. The van der Waals surface area contributed by atoms with E-state index in [0.717, 1.165) is 46.1 Å². The van der Waals surface area contributed by atoms with E-state index in [1.165, 1.54) is 0 Å². The number of nitrogens with one attached hydrogen (secondary N) is 1. The van der Waals surface area contributed by atoms with Crippen LogP contribution in [0, 0.1) is 6.92 Å². The number of rotatable bonds is 8. The maximum atomic E-state index is 13.4. The summed E-state index contributed by atoms with van der Waals surface area (Å²) in [6, 6.07) is 3.89. The van der Waals surface area contributed by atoms with E-state index < -0.39 is 0 Å². The Labute approximate surface area is 207 Å². The lowest BCUT2D eigenvalue weighted by molar-refractivity contribution is 0.593. The Bertz CT molecular complexity index is 1430. The van der Waals surface area contributed by atoms with Crippen LogP contribution in [0.3, 0.4) is 0 Å². The molecule has 0 atom stereocenters. The Hall–Kier alpha value is -3.40. The Morgan fingerprint density at radius 1 is 1.11 bits per heavy atom. The molecule has 5 rings (SSSR count). The fourth-order valence-electron chi connectivity index (χ4n) is 4.09. The zero-order valence-corrected chi connectivity index (χ0v) is 21.1. The van der Waals surface area contributed by atoms with E-state index in [1.807, 2.05) is 39.1 Å². The van der Waals surface area contributed by atoms with E-state index in [-0.39, 0.29) is 17.4 Å². The number of aryl methyl sites for hydroxylation is 1. The van der Waals surface area contributed by atoms with Crippen LogP contribution in [0.15, 0.2) is 40.5 Å². The number of hydrogen-bond acceptors (Lipinski definition) is 9. The number of aromatic nitrogens is 7. The van der Waals surface area contributed by atoms with Crippen LogP contribution in [0.5, 0.6) is 0 Å². The molecule has 1 aliphatic carbocycles. The molecule has 180 valence electrons. The molecule has 4 aromatic heterocycles. The van der Waals surface area contributed by atoms with Gasteiger partial charge in [-0.1, -0.05) is 6.92 Å². The highest BCUT2D eigenvalue weighted by molar-refractivity contribution is 7.99. The number of fused-ring (bicyclic) bond motifs is 1. The predicted molar refractivity (Wildman–Crippen MR) is 138 cm³/mol. The van der Waals surface area contributed by atoms with Gasteiger partial charge in [-0.25, -0.2) is 24.9 Å². The van der Waals surface area contributed by atoms with Crippen molar-refractivity contribution in [2.45, 2.75) is 63.9 Å². The molecule has 0 aliphatic heterocycles. The van der Waals surface area contributed by atoms with Crippen molar-refractivity contribution in [2.75, 3.05) is 11.1 Å². The molecule has 0 spiro atoms. The summed E-state index contributed by atoms with van der Waals surface area (Å²) < 4.78 is 1.67. The topological polar surface area (TPSA) is 111 Å². The van der Waals surface area contributed by atoms with Crippen molar-refractivity contribution in [3.63, 3.8) is 0 Å². The molecule has 0 amide bonds. The second-order valence-electron chi connectivity index (χ2n) is 8.90. The fraction of sp³-hybridized carbons (Fsp3) is 0.400. The molecule has 1 fully saturated rings. The van der Waals surface area contributed by atoms with Gasteiger partial charge < -0.3 is 5.32 Å². The van der Waals surface area contributed by atoms with Crippen molar-refractivity contribution in [2.24, 2.45) is 0 Å². The molecule has 10 heteroatoms. The summed E-state index contributed by atoms with van der Waals surface area (Å²) in [7, 11) is 0. The molecule has 4 aromatic rings. The highest BCUT2D eigenvalue weighted by Crippen LogP contribution is 2.43. The standard InChI is InChI=1S/C25H28N8OS/c1-5-35-18-9-8-17(26-11-18)10-27-23-25(34)33(14(2)3)24-19(31-23)12-28-22(32-24)20-15(4)29-13-30-21(20)16-6-7-16/h8-9,11-14,16H,5-7,10H2,1-4H3,(H,27,31). The summed E-state index contributed by atoms with van der Waals surface area (Å²) in [6.45, 7) is 8.37. The van der Waals surface area contributed by atoms with Crippen LogP contribution in [0.4, 0.5) is 5.82 Å². The van der Waals surface area contributed by atoms with E-state index in [1.54, 1.807) is 28.9 Å². The Morgan fingerprint density at radius 2 is 1.94 bits per heavy atom. The van der Waals surface area contributed by atoms with Crippen LogP contribution < -0.4 is 10.9 Å². The monoisotopic (exact) mass is 488 g/mol. The average molecular weight is 489 g/mol. The van der Waals surface area contributed by atoms with Gasteiger partial charge in [-0.3, -0.25) is 14.3 Å². The molecule has 0 bridgehead atoms. The summed E-state index contributed by atoms with van der Waals surface area (Å²) in [5.41, 5.74) is 4.34. The van der Waals surface area contributed by atoms with Gasteiger partial charge in [0.1, 0.15) is 11.8 Å². The summed E-state index contributed by atoms with van der Waals surface area (Å²) >= 11 is 1.74. The molecule has 0 saturated heterocycles. The first-order valence-corrected chi connectivity index (χ1v) is 12.9. The Kier molecular flexibility index (Phi) is 6.46. The lowest BCUT2D eigenvalue weighted by Gasteiger charge is -2.16. The molecule has 1 N–H and O–H groups in total. The highest BCUT2D eigenvalue weighted by Gasteiger charge is 2.30. The van der Waals surface area contributed by atoms with Gasteiger partial charge in [0.15, 0.2) is 17.3 Å². The van der Waals surface area contributed by atoms with E-state index in [9.17, 15) is 4.79 Å².